The molecule has 194 valence electrons. The zero-order valence-corrected chi connectivity index (χ0v) is 21.4. The van der Waals surface area contributed by atoms with Gasteiger partial charge in [0, 0.05) is 12.6 Å². The van der Waals surface area contributed by atoms with Crippen molar-refractivity contribution in [1.82, 2.24) is 9.37 Å². The predicted molar refractivity (Wildman–Crippen MR) is 129 cm³/mol. The number of benzene rings is 1. The SMILES string of the molecule is C=CCON(C1CN(C(=O)OC(C)(C)C)[C@H](CO)C=C1C(C)C)S(=O)(=O)c1ccccc1[N+](=O)[O-]. The van der Waals surface area contributed by atoms with Crippen LogP contribution in [-0.2, 0) is 19.6 Å². The summed E-state index contributed by atoms with van der Waals surface area (Å²) in [5, 5.41) is 21.5. The van der Waals surface area contributed by atoms with Gasteiger partial charge in [-0.25, -0.2) is 13.2 Å². The van der Waals surface area contributed by atoms with Gasteiger partial charge in [0.2, 0.25) is 0 Å². The van der Waals surface area contributed by atoms with Crippen LogP contribution in [0.5, 0.6) is 0 Å². The Morgan fingerprint density at radius 2 is 2.00 bits per heavy atom. The van der Waals surface area contributed by atoms with E-state index in [2.05, 4.69) is 6.58 Å². The number of nitrogens with zero attached hydrogens (tertiary/aromatic N) is 3. The van der Waals surface area contributed by atoms with E-state index in [-0.39, 0.29) is 19.1 Å². The molecule has 0 bridgehead atoms. The summed E-state index contributed by atoms with van der Waals surface area (Å²) in [6.07, 6.45) is 2.21. The van der Waals surface area contributed by atoms with Gasteiger partial charge in [0.15, 0.2) is 4.90 Å². The molecule has 11 nitrogen and oxygen atoms in total. The summed E-state index contributed by atoms with van der Waals surface area (Å²) in [7, 11) is -4.58. The van der Waals surface area contributed by atoms with Crippen molar-refractivity contribution in [1.29, 1.82) is 0 Å². The minimum absolute atomic E-state index is 0.203. The lowest BCUT2D eigenvalue weighted by molar-refractivity contribution is -0.388. The summed E-state index contributed by atoms with van der Waals surface area (Å²) in [5.41, 5.74) is -0.859. The highest BCUT2D eigenvalue weighted by Crippen LogP contribution is 2.34. The van der Waals surface area contributed by atoms with E-state index in [1.165, 1.54) is 23.1 Å². The average Bonchev–Trinajstić information content (AvgIpc) is 2.77. The van der Waals surface area contributed by atoms with E-state index in [9.17, 15) is 28.4 Å². The maximum absolute atomic E-state index is 13.7. The van der Waals surface area contributed by atoms with Crippen LogP contribution in [-0.4, -0.2) is 71.4 Å². The molecule has 35 heavy (non-hydrogen) atoms. The zero-order chi connectivity index (χ0) is 26.6. The number of para-hydroxylation sites is 1. The number of sulfonamides is 1. The second-order valence-corrected chi connectivity index (χ2v) is 11.0. The molecule has 2 rings (SSSR count). The first-order valence-corrected chi connectivity index (χ1v) is 12.5. The molecule has 1 aromatic rings. The fourth-order valence-electron chi connectivity index (χ4n) is 3.67. The van der Waals surface area contributed by atoms with Crippen LogP contribution in [0, 0.1) is 16.0 Å². The van der Waals surface area contributed by atoms with Gasteiger partial charge in [0.05, 0.1) is 30.2 Å². The highest BCUT2D eigenvalue weighted by molar-refractivity contribution is 7.89. The maximum Gasteiger partial charge on any atom is 0.410 e. The Balaban J connectivity index is 2.66. The van der Waals surface area contributed by atoms with Crippen molar-refractivity contribution >= 4 is 21.8 Å². The Labute approximate surface area is 205 Å². The van der Waals surface area contributed by atoms with Crippen molar-refractivity contribution in [2.24, 2.45) is 5.92 Å². The molecule has 0 fully saturated rings. The van der Waals surface area contributed by atoms with E-state index >= 15 is 0 Å². The van der Waals surface area contributed by atoms with Crippen molar-refractivity contribution in [2.75, 3.05) is 19.8 Å². The molecular formula is C23H33N3O8S. The second kappa shape index (κ2) is 11.3. The third kappa shape index (κ3) is 6.66. The highest BCUT2D eigenvalue weighted by Gasteiger charge is 2.44. The third-order valence-electron chi connectivity index (χ3n) is 5.17. The summed E-state index contributed by atoms with van der Waals surface area (Å²) in [5.74, 6) is -0.203. The summed E-state index contributed by atoms with van der Waals surface area (Å²) in [6.45, 7) is 11.5. The van der Waals surface area contributed by atoms with Crippen molar-refractivity contribution in [3.63, 3.8) is 0 Å². The number of nitro groups is 1. The lowest BCUT2D eigenvalue weighted by Crippen LogP contribution is -2.57. The van der Waals surface area contributed by atoms with E-state index in [4.69, 9.17) is 9.57 Å². The Hall–Kier alpha value is -2.80. The number of hydrogen-bond donors (Lipinski definition) is 1. The van der Waals surface area contributed by atoms with Crippen LogP contribution in [0.25, 0.3) is 0 Å². The molecule has 0 spiro atoms. The largest absolute Gasteiger partial charge is 0.444 e. The fourth-order valence-corrected chi connectivity index (χ4v) is 5.25. The van der Waals surface area contributed by atoms with Crippen LogP contribution < -0.4 is 0 Å². The summed E-state index contributed by atoms with van der Waals surface area (Å²) >= 11 is 0. The summed E-state index contributed by atoms with van der Waals surface area (Å²) in [6, 6.07) is 3.15. The number of hydrogen-bond acceptors (Lipinski definition) is 8. The van der Waals surface area contributed by atoms with E-state index < -0.39 is 55.9 Å². The lowest BCUT2D eigenvalue weighted by atomic mass is 9.90. The molecule has 1 unspecified atom stereocenters. The van der Waals surface area contributed by atoms with Gasteiger partial charge >= 0.3 is 6.09 Å². The molecule has 0 saturated carbocycles. The lowest BCUT2D eigenvalue weighted by Gasteiger charge is -2.42. The van der Waals surface area contributed by atoms with Crippen LogP contribution in [0.15, 0.2) is 53.5 Å². The first-order valence-electron chi connectivity index (χ1n) is 11.1. The van der Waals surface area contributed by atoms with E-state index in [1.54, 1.807) is 26.8 Å². The normalized spacial score (nSPS) is 19.0. The van der Waals surface area contributed by atoms with Crippen LogP contribution in [0.3, 0.4) is 0 Å². The molecule has 0 saturated heterocycles. The van der Waals surface area contributed by atoms with Gasteiger partial charge in [-0.05, 0) is 38.3 Å². The van der Waals surface area contributed by atoms with Gasteiger partial charge in [-0.2, -0.15) is 0 Å². The van der Waals surface area contributed by atoms with Crippen molar-refractivity contribution in [3.8, 4) is 0 Å². The predicted octanol–water partition coefficient (Wildman–Crippen LogP) is 3.27. The Morgan fingerprint density at radius 3 is 2.51 bits per heavy atom. The number of rotatable bonds is 9. The average molecular weight is 512 g/mol. The minimum atomic E-state index is -4.58. The number of hydroxylamine groups is 1. The van der Waals surface area contributed by atoms with Gasteiger partial charge < -0.3 is 9.84 Å². The number of aliphatic hydroxyl groups excluding tert-OH is 1. The minimum Gasteiger partial charge on any atom is -0.444 e. The Kier molecular flexibility index (Phi) is 9.17. The van der Waals surface area contributed by atoms with Crippen LogP contribution in [0.2, 0.25) is 0 Å². The molecule has 1 heterocycles. The molecule has 1 aromatic carbocycles. The first kappa shape index (κ1) is 28.4. The van der Waals surface area contributed by atoms with Gasteiger partial charge in [0.25, 0.3) is 15.7 Å². The molecule has 1 aliphatic rings. The Bertz CT molecular complexity index is 1080. The van der Waals surface area contributed by atoms with Gasteiger partial charge in [-0.3, -0.25) is 19.9 Å². The molecule has 1 amide bonds. The third-order valence-corrected chi connectivity index (χ3v) is 6.91. The van der Waals surface area contributed by atoms with Gasteiger partial charge in [-0.1, -0.05) is 42.6 Å². The topological polar surface area (TPSA) is 140 Å². The number of nitro benzene ring substituents is 1. The van der Waals surface area contributed by atoms with E-state index in [0.717, 1.165) is 12.1 Å². The molecule has 12 heteroatoms. The van der Waals surface area contributed by atoms with Gasteiger partial charge in [0.1, 0.15) is 5.60 Å². The second-order valence-electron chi connectivity index (χ2n) is 9.29. The monoisotopic (exact) mass is 511 g/mol. The fraction of sp³-hybridized carbons (Fsp3) is 0.522. The molecule has 2 atom stereocenters. The van der Waals surface area contributed by atoms with Crippen LogP contribution in [0.1, 0.15) is 34.6 Å². The Morgan fingerprint density at radius 1 is 1.37 bits per heavy atom. The van der Waals surface area contributed by atoms with E-state index in [0.29, 0.717) is 10.0 Å². The molecule has 1 aliphatic heterocycles. The molecule has 1 N–H and O–H groups in total. The quantitative estimate of drug-likeness (QED) is 0.303. The number of amides is 1. The molecule has 0 aliphatic carbocycles. The molecule has 0 radical (unpaired) electrons. The van der Waals surface area contributed by atoms with Crippen molar-refractivity contribution in [2.45, 2.75) is 57.2 Å². The number of ether oxygens (including phenoxy) is 1. The van der Waals surface area contributed by atoms with Crippen LogP contribution >= 0.6 is 0 Å². The summed E-state index contributed by atoms with van der Waals surface area (Å²) in [4.78, 5) is 30.0. The van der Waals surface area contributed by atoms with Crippen molar-refractivity contribution in [3.05, 3.63) is 58.7 Å². The highest BCUT2D eigenvalue weighted by atomic mass is 32.2. The van der Waals surface area contributed by atoms with Gasteiger partial charge in [-0.15, -0.1) is 6.58 Å². The first-order chi connectivity index (χ1) is 16.2. The zero-order valence-electron chi connectivity index (χ0n) is 20.6. The summed E-state index contributed by atoms with van der Waals surface area (Å²) < 4.78 is 33.6. The number of aliphatic hydroxyl groups is 1. The standard InChI is InChI=1S/C23H33N3O8S/c1-7-12-33-26(35(31,32)21-11-9-8-10-19(21)25(29)30)20-14-24(22(28)34-23(4,5)6)17(15-27)13-18(20)16(2)3/h7-11,13,16-17,20,27H,1,12,14-15H2,2-6H3/t17-,20?/m0/s1. The number of carbonyl (C=O) groups excluding carboxylic acids is 1. The molecule has 0 aromatic heterocycles. The molecular weight excluding hydrogens is 478 g/mol. The van der Waals surface area contributed by atoms with Crippen molar-refractivity contribution < 1.29 is 32.8 Å². The number of carbonyl (C=O) groups is 1. The van der Waals surface area contributed by atoms with E-state index in [1.807, 2.05) is 13.8 Å². The smallest absolute Gasteiger partial charge is 0.410 e. The maximum atomic E-state index is 13.7. The van der Waals surface area contributed by atoms with Crippen LogP contribution in [0.4, 0.5) is 10.5 Å².